The van der Waals surface area contributed by atoms with Crippen LogP contribution in [0.15, 0.2) is 24.3 Å². The summed E-state index contributed by atoms with van der Waals surface area (Å²) in [4.78, 5) is 15.4. The summed E-state index contributed by atoms with van der Waals surface area (Å²) in [5.74, 6) is 0.443. The van der Waals surface area contributed by atoms with Crippen LogP contribution < -0.4 is 5.48 Å². The van der Waals surface area contributed by atoms with E-state index in [4.69, 9.17) is 5.21 Å². The van der Waals surface area contributed by atoms with E-state index in [2.05, 4.69) is 16.5 Å². The molecule has 0 aliphatic rings. The second-order valence-corrected chi connectivity index (χ2v) is 4.37. The van der Waals surface area contributed by atoms with Crippen molar-refractivity contribution >= 4 is 23.0 Å². The van der Waals surface area contributed by atoms with Gasteiger partial charge in [0.05, 0.1) is 11.0 Å². The molecule has 0 unspecified atom stereocenters. The van der Waals surface area contributed by atoms with E-state index in [-0.39, 0.29) is 0 Å². The summed E-state index contributed by atoms with van der Waals surface area (Å²) in [5, 5.41) is 8.42. The lowest BCUT2D eigenvalue weighted by Gasteiger charge is -2.03. The van der Waals surface area contributed by atoms with Crippen LogP contribution in [0, 0.1) is 6.92 Å². The average molecular weight is 259 g/mol. The highest BCUT2D eigenvalue weighted by molar-refractivity contribution is 5.91. The Hall–Kier alpha value is -2.14. The molecular formula is C14H17N3O2. The minimum absolute atomic E-state index is 0.548. The van der Waals surface area contributed by atoms with Crippen LogP contribution in [-0.2, 0) is 11.3 Å². The number of aryl methyl sites for hydroxylation is 2. The minimum atomic E-state index is -0.548. The van der Waals surface area contributed by atoms with Crippen molar-refractivity contribution in [3.63, 3.8) is 0 Å². The van der Waals surface area contributed by atoms with E-state index in [0.29, 0.717) is 0 Å². The van der Waals surface area contributed by atoms with Gasteiger partial charge >= 0.3 is 0 Å². The van der Waals surface area contributed by atoms with Crippen molar-refractivity contribution in [2.24, 2.45) is 0 Å². The van der Waals surface area contributed by atoms with Crippen LogP contribution in [0.5, 0.6) is 0 Å². The number of carbonyl (C=O) groups is 1. The zero-order valence-electron chi connectivity index (χ0n) is 11.1. The third-order valence-electron chi connectivity index (χ3n) is 2.95. The molecule has 0 bridgehead atoms. The van der Waals surface area contributed by atoms with Gasteiger partial charge in [0.1, 0.15) is 5.82 Å². The van der Waals surface area contributed by atoms with E-state index in [0.717, 1.165) is 35.4 Å². The fraction of sp³-hybridized carbons (Fsp3) is 0.286. The summed E-state index contributed by atoms with van der Waals surface area (Å²) < 4.78 is 2.18. The normalized spacial score (nSPS) is 11.3. The fourth-order valence-electron chi connectivity index (χ4n) is 2.09. The summed E-state index contributed by atoms with van der Waals surface area (Å²) in [7, 11) is 0. The fourth-order valence-corrected chi connectivity index (χ4v) is 2.09. The Morgan fingerprint density at radius 1 is 1.53 bits per heavy atom. The number of hydroxylamine groups is 1. The van der Waals surface area contributed by atoms with Gasteiger partial charge in [-0.25, -0.2) is 10.5 Å². The molecule has 0 fully saturated rings. The molecule has 19 heavy (non-hydrogen) atoms. The number of amides is 1. The third-order valence-corrected chi connectivity index (χ3v) is 2.95. The Balaban J connectivity index is 2.37. The average Bonchev–Trinajstić information content (AvgIpc) is 2.72. The van der Waals surface area contributed by atoms with Crippen molar-refractivity contribution in [2.45, 2.75) is 26.8 Å². The van der Waals surface area contributed by atoms with Crippen molar-refractivity contribution < 1.29 is 10.0 Å². The van der Waals surface area contributed by atoms with Crippen LogP contribution in [0.3, 0.4) is 0 Å². The van der Waals surface area contributed by atoms with Gasteiger partial charge in [0.25, 0.3) is 5.91 Å². The number of fused-ring (bicyclic) bond motifs is 1. The quantitative estimate of drug-likeness (QED) is 0.503. The predicted molar refractivity (Wildman–Crippen MR) is 73.7 cm³/mol. The van der Waals surface area contributed by atoms with Crippen molar-refractivity contribution in [3.8, 4) is 0 Å². The standard InChI is InChI=1S/C14H17N3O2/c1-3-8-17-10(2)15-12-9-11(4-6-13(12)17)5-7-14(18)16-19/h4-7,9,19H,3,8H2,1-2H3,(H,16,18)/b7-5+. The first-order valence-corrected chi connectivity index (χ1v) is 6.24. The molecule has 2 rings (SSSR count). The van der Waals surface area contributed by atoms with Crippen molar-refractivity contribution in [1.29, 1.82) is 0 Å². The Kier molecular flexibility index (Phi) is 3.97. The molecule has 0 atom stereocenters. The van der Waals surface area contributed by atoms with E-state index in [1.807, 2.05) is 25.1 Å². The molecule has 1 amide bonds. The van der Waals surface area contributed by atoms with Crippen molar-refractivity contribution in [2.75, 3.05) is 0 Å². The smallest absolute Gasteiger partial charge is 0.267 e. The number of imidazole rings is 1. The van der Waals surface area contributed by atoms with Gasteiger partial charge in [0.15, 0.2) is 0 Å². The summed E-state index contributed by atoms with van der Waals surface area (Å²) in [6.07, 6.45) is 3.97. The maximum atomic E-state index is 10.9. The summed E-state index contributed by atoms with van der Waals surface area (Å²) in [5.41, 5.74) is 4.44. The second-order valence-electron chi connectivity index (χ2n) is 4.37. The molecule has 0 radical (unpaired) electrons. The van der Waals surface area contributed by atoms with Crippen LogP contribution in [0.4, 0.5) is 0 Å². The monoisotopic (exact) mass is 259 g/mol. The first kappa shape index (κ1) is 13.3. The van der Waals surface area contributed by atoms with Crippen LogP contribution >= 0.6 is 0 Å². The molecule has 5 nitrogen and oxygen atoms in total. The number of nitrogens with one attached hydrogen (secondary N) is 1. The highest BCUT2D eigenvalue weighted by Gasteiger charge is 2.06. The van der Waals surface area contributed by atoms with Gasteiger partial charge < -0.3 is 4.57 Å². The summed E-state index contributed by atoms with van der Waals surface area (Å²) >= 11 is 0. The first-order valence-electron chi connectivity index (χ1n) is 6.24. The number of benzene rings is 1. The Bertz CT molecular complexity index is 629. The van der Waals surface area contributed by atoms with Crippen molar-refractivity contribution in [3.05, 3.63) is 35.7 Å². The van der Waals surface area contributed by atoms with Gasteiger partial charge in [0.2, 0.25) is 0 Å². The van der Waals surface area contributed by atoms with Crippen LogP contribution in [-0.4, -0.2) is 20.7 Å². The third kappa shape index (κ3) is 2.82. The van der Waals surface area contributed by atoms with E-state index in [9.17, 15) is 4.79 Å². The maximum absolute atomic E-state index is 10.9. The zero-order valence-corrected chi connectivity index (χ0v) is 11.1. The molecule has 0 aliphatic carbocycles. The molecule has 100 valence electrons. The second kappa shape index (κ2) is 5.67. The van der Waals surface area contributed by atoms with Crippen molar-refractivity contribution in [1.82, 2.24) is 15.0 Å². The summed E-state index contributed by atoms with van der Waals surface area (Å²) in [6.45, 7) is 5.07. The lowest BCUT2D eigenvalue weighted by atomic mass is 10.2. The van der Waals surface area contributed by atoms with Crippen LogP contribution in [0.2, 0.25) is 0 Å². The van der Waals surface area contributed by atoms with E-state index >= 15 is 0 Å². The van der Waals surface area contributed by atoms with Crippen LogP contribution in [0.1, 0.15) is 24.7 Å². The highest BCUT2D eigenvalue weighted by Crippen LogP contribution is 2.18. The predicted octanol–water partition coefficient (Wildman–Crippen LogP) is 2.27. The lowest BCUT2D eigenvalue weighted by molar-refractivity contribution is -0.124. The number of carbonyl (C=O) groups excluding carboxylic acids is 1. The van der Waals surface area contributed by atoms with Gasteiger partial charge in [-0.3, -0.25) is 10.0 Å². The Morgan fingerprint density at radius 2 is 2.32 bits per heavy atom. The zero-order chi connectivity index (χ0) is 13.8. The first-order chi connectivity index (χ1) is 9.15. The molecule has 2 N–H and O–H groups in total. The van der Waals surface area contributed by atoms with Gasteiger partial charge in [-0.1, -0.05) is 13.0 Å². The Labute approximate surface area is 111 Å². The van der Waals surface area contributed by atoms with E-state index < -0.39 is 5.91 Å². The molecule has 1 aromatic heterocycles. The SMILES string of the molecule is CCCn1c(C)nc2cc(/C=C/C(=O)NO)ccc21. The van der Waals surface area contributed by atoms with Crippen LogP contribution in [0.25, 0.3) is 17.1 Å². The number of aromatic nitrogens is 2. The van der Waals surface area contributed by atoms with E-state index in [1.165, 1.54) is 6.08 Å². The molecule has 5 heteroatoms. The topological polar surface area (TPSA) is 67.2 Å². The molecule has 0 aliphatic heterocycles. The maximum Gasteiger partial charge on any atom is 0.267 e. The number of hydrogen-bond acceptors (Lipinski definition) is 3. The molecule has 0 saturated heterocycles. The molecule has 0 spiro atoms. The highest BCUT2D eigenvalue weighted by atomic mass is 16.5. The Morgan fingerprint density at radius 3 is 3.00 bits per heavy atom. The lowest BCUT2D eigenvalue weighted by Crippen LogP contribution is -2.14. The van der Waals surface area contributed by atoms with Gasteiger partial charge in [-0.05, 0) is 37.1 Å². The largest absolute Gasteiger partial charge is 0.328 e. The number of hydrogen-bond donors (Lipinski definition) is 2. The summed E-state index contributed by atoms with van der Waals surface area (Å²) in [6, 6.07) is 5.86. The minimum Gasteiger partial charge on any atom is -0.328 e. The van der Waals surface area contributed by atoms with Gasteiger partial charge in [0, 0.05) is 12.6 Å². The molecule has 2 aromatic rings. The molecule has 1 heterocycles. The molecular weight excluding hydrogens is 242 g/mol. The van der Waals surface area contributed by atoms with E-state index in [1.54, 1.807) is 11.6 Å². The van der Waals surface area contributed by atoms with Gasteiger partial charge in [-0.2, -0.15) is 0 Å². The van der Waals surface area contributed by atoms with Gasteiger partial charge in [-0.15, -0.1) is 0 Å². The number of nitrogens with zero attached hydrogens (tertiary/aromatic N) is 2. The number of rotatable bonds is 4. The molecule has 1 aromatic carbocycles. The molecule has 0 saturated carbocycles.